The molecule has 3 N–H and O–H groups in total. The van der Waals surface area contributed by atoms with Crippen LogP contribution in [0, 0.1) is 0 Å². The minimum Gasteiger partial charge on any atom is -0.494 e. The van der Waals surface area contributed by atoms with Gasteiger partial charge in [-0.15, -0.1) is 0 Å². The van der Waals surface area contributed by atoms with Crippen LogP contribution in [0.5, 0.6) is 5.75 Å². The number of aromatic nitrogens is 1. The van der Waals surface area contributed by atoms with Crippen molar-refractivity contribution < 1.29 is 4.74 Å². The van der Waals surface area contributed by atoms with Crippen molar-refractivity contribution >= 4 is 11.5 Å². The third kappa shape index (κ3) is 1.91. The molecule has 92 valence electrons. The quantitative estimate of drug-likeness (QED) is 0.785. The Morgan fingerprint density at radius 1 is 1.41 bits per heavy atom. The molecule has 0 saturated carbocycles. The Hall–Kier alpha value is -1.49. The van der Waals surface area contributed by atoms with Gasteiger partial charge in [-0.2, -0.15) is 0 Å². The van der Waals surface area contributed by atoms with Gasteiger partial charge in [0.15, 0.2) is 0 Å². The number of hydrogen-bond acceptors (Lipinski definition) is 5. The first kappa shape index (κ1) is 10.7. The molecule has 1 aromatic rings. The van der Waals surface area contributed by atoms with Crippen LogP contribution in [0.2, 0.25) is 0 Å². The van der Waals surface area contributed by atoms with Crippen LogP contribution in [0.1, 0.15) is 12.8 Å². The number of methoxy groups -OCH3 is 1. The van der Waals surface area contributed by atoms with Crippen molar-refractivity contribution in [2.75, 3.05) is 30.8 Å². The van der Waals surface area contributed by atoms with Gasteiger partial charge in [0, 0.05) is 31.2 Å². The molecule has 2 fully saturated rings. The van der Waals surface area contributed by atoms with Crippen molar-refractivity contribution in [2.24, 2.45) is 0 Å². The lowest BCUT2D eigenvalue weighted by Gasteiger charge is -2.35. The molecule has 0 aliphatic carbocycles. The lowest BCUT2D eigenvalue weighted by molar-refractivity contribution is 0.407. The van der Waals surface area contributed by atoms with E-state index in [0.717, 1.165) is 24.5 Å². The molecule has 2 bridgehead atoms. The van der Waals surface area contributed by atoms with Crippen LogP contribution >= 0.6 is 0 Å². The highest BCUT2D eigenvalue weighted by molar-refractivity contribution is 5.61. The van der Waals surface area contributed by atoms with E-state index in [0.29, 0.717) is 17.9 Å². The zero-order valence-electron chi connectivity index (χ0n) is 10.0. The highest BCUT2D eigenvalue weighted by Gasteiger charge is 2.33. The van der Waals surface area contributed by atoms with Crippen LogP contribution in [0.15, 0.2) is 12.3 Å². The van der Waals surface area contributed by atoms with Gasteiger partial charge in [-0.25, -0.2) is 4.98 Å². The standard InChI is InChI=1S/C12H18N4O/c1-17-11-4-12(13)14-5-10(11)16-6-8-2-3-9(7-16)15-8/h4-5,8-9,15H,2-3,6-7H2,1H3,(H2,13,14)/t8-,9?/m0/s1. The van der Waals surface area contributed by atoms with Gasteiger partial charge in [-0.1, -0.05) is 0 Å². The Kier molecular flexibility index (Phi) is 2.55. The number of hydrogen-bond donors (Lipinski definition) is 2. The molecule has 3 heterocycles. The highest BCUT2D eigenvalue weighted by atomic mass is 16.5. The van der Waals surface area contributed by atoms with Crippen molar-refractivity contribution in [2.45, 2.75) is 24.9 Å². The van der Waals surface area contributed by atoms with Gasteiger partial charge in [-0.05, 0) is 12.8 Å². The Balaban J connectivity index is 1.88. The van der Waals surface area contributed by atoms with Crippen LogP contribution in [0.4, 0.5) is 11.5 Å². The summed E-state index contributed by atoms with van der Waals surface area (Å²) in [5.74, 6) is 1.32. The van der Waals surface area contributed by atoms with E-state index in [1.165, 1.54) is 12.8 Å². The predicted octanol–water partition coefficient (Wildman–Crippen LogP) is 0.613. The number of ether oxygens (including phenoxy) is 1. The third-order valence-corrected chi connectivity index (χ3v) is 3.64. The third-order valence-electron chi connectivity index (χ3n) is 3.64. The predicted molar refractivity (Wildman–Crippen MR) is 67.4 cm³/mol. The molecule has 1 aromatic heterocycles. The van der Waals surface area contributed by atoms with E-state index < -0.39 is 0 Å². The lowest BCUT2D eigenvalue weighted by Crippen LogP contribution is -2.51. The largest absolute Gasteiger partial charge is 0.494 e. The van der Waals surface area contributed by atoms with Crippen molar-refractivity contribution in [3.63, 3.8) is 0 Å². The monoisotopic (exact) mass is 234 g/mol. The van der Waals surface area contributed by atoms with Gasteiger partial charge in [0.2, 0.25) is 0 Å². The van der Waals surface area contributed by atoms with E-state index in [2.05, 4.69) is 15.2 Å². The fourth-order valence-corrected chi connectivity index (χ4v) is 2.84. The summed E-state index contributed by atoms with van der Waals surface area (Å²) in [6, 6.07) is 3.01. The summed E-state index contributed by atoms with van der Waals surface area (Å²) in [4.78, 5) is 6.52. The first-order valence-electron chi connectivity index (χ1n) is 6.07. The number of nitrogen functional groups attached to an aromatic ring is 1. The summed E-state index contributed by atoms with van der Waals surface area (Å²) in [6.07, 6.45) is 4.36. The second-order valence-corrected chi connectivity index (χ2v) is 4.82. The molecule has 1 unspecified atom stereocenters. The van der Waals surface area contributed by atoms with Gasteiger partial charge < -0.3 is 20.7 Å². The van der Waals surface area contributed by atoms with Crippen LogP contribution < -0.4 is 20.7 Å². The Morgan fingerprint density at radius 3 is 2.76 bits per heavy atom. The summed E-state index contributed by atoms with van der Waals surface area (Å²) in [6.45, 7) is 2.05. The van der Waals surface area contributed by atoms with Gasteiger partial charge >= 0.3 is 0 Å². The average molecular weight is 234 g/mol. The maximum atomic E-state index is 5.68. The van der Waals surface area contributed by atoms with Crippen LogP contribution in [-0.4, -0.2) is 37.3 Å². The Morgan fingerprint density at radius 2 is 2.12 bits per heavy atom. The summed E-state index contributed by atoms with van der Waals surface area (Å²) in [5, 5.41) is 3.61. The first-order chi connectivity index (χ1) is 8.26. The van der Waals surface area contributed by atoms with E-state index in [9.17, 15) is 0 Å². The van der Waals surface area contributed by atoms with E-state index >= 15 is 0 Å². The zero-order chi connectivity index (χ0) is 11.8. The van der Waals surface area contributed by atoms with Crippen molar-refractivity contribution in [1.82, 2.24) is 10.3 Å². The molecule has 0 aromatic carbocycles. The van der Waals surface area contributed by atoms with Crippen LogP contribution in [-0.2, 0) is 0 Å². The van der Waals surface area contributed by atoms with Crippen molar-refractivity contribution in [1.29, 1.82) is 0 Å². The second kappa shape index (κ2) is 4.07. The molecule has 0 radical (unpaired) electrons. The lowest BCUT2D eigenvalue weighted by atomic mass is 10.2. The topological polar surface area (TPSA) is 63.4 Å². The summed E-state index contributed by atoms with van der Waals surface area (Å²) < 4.78 is 5.39. The van der Waals surface area contributed by atoms with Gasteiger partial charge in [0.25, 0.3) is 0 Å². The Bertz CT molecular complexity index is 411. The number of fused-ring (bicyclic) bond motifs is 2. The molecule has 5 nitrogen and oxygen atoms in total. The second-order valence-electron chi connectivity index (χ2n) is 4.82. The maximum absolute atomic E-state index is 5.68. The van der Waals surface area contributed by atoms with Gasteiger partial charge in [0.1, 0.15) is 11.6 Å². The molecule has 2 atom stereocenters. The molecule has 0 amide bonds. The SMILES string of the molecule is COc1cc(N)ncc1N1CC2CC[C@@H](C1)N2. The van der Waals surface area contributed by atoms with Gasteiger partial charge in [-0.3, -0.25) is 0 Å². The highest BCUT2D eigenvalue weighted by Crippen LogP contribution is 2.32. The normalized spacial score (nSPS) is 27.2. The van der Waals surface area contributed by atoms with E-state index in [-0.39, 0.29) is 0 Å². The molecule has 2 aliphatic heterocycles. The van der Waals surface area contributed by atoms with Crippen LogP contribution in [0.25, 0.3) is 0 Å². The van der Waals surface area contributed by atoms with E-state index in [1.807, 2.05) is 6.20 Å². The fraction of sp³-hybridized carbons (Fsp3) is 0.583. The number of nitrogens with zero attached hydrogens (tertiary/aromatic N) is 2. The van der Waals surface area contributed by atoms with Gasteiger partial charge in [0.05, 0.1) is 19.0 Å². The average Bonchev–Trinajstić information content (AvgIpc) is 2.68. The minimum atomic E-state index is 0.503. The Labute approximate surface area is 101 Å². The molecular weight excluding hydrogens is 216 g/mol. The maximum Gasteiger partial charge on any atom is 0.147 e. The molecule has 5 heteroatoms. The summed E-state index contributed by atoms with van der Waals surface area (Å²) >= 11 is 0. The minimum absolute atomic E-state index is 0.503. The number of rotatable bonds is 2. The number of anilines is 2. The molecule has 2 aliphatic rings. The molecule has 0 spiro atoms. The number of piperazine rings is 1. The number of nitrogens with one attached hydrogen (secondary N) is 1. The summed E-state index contributed by atoms with van der Waals surface area (Å²) in [7, 11) is 1.68. The molecular formula is C12H18N4O. The zero-order valence-corrected chi connectivity index (χ0v) is 10.0. The van der Waals surface area contributed by atoms with Crippen molar-refractivity contribution in [3.05, 3.63) is 12.3 Å². The molecule has 3 rings (SSSR count). The fourth-order valence-electron chi connectivity index (χ4n) is 2.84. The van der Waals surface area contributed by atoms with Crippen molar-refractivity contribution in [3.8, 4) is 5.75 Å². The number of nitrogens with two attached hydrogens (primary N) is 1. The van der Waals surface area contributed by atoms with E-state index in [4.69, 9.17) is 10.5 Å². The first-order valence-corrected chi connectivity index (χ1v) is 6.07. The number of pyridine rings is 1. The van der Waals surface area contributed by atoms with Crippen LogP contribution in [0.3, 0.4) is 0 Å². The molecule has 17 heavy (non-hydrogen) atoms. The van der Waals surface area contributed by atoms with E-state index in [1.54, 1.807) is 13.2 Å². The smallest absolute Gasteiger partial charge is 0.147 e. The molecule has 2 saturated heterocycles. The summed E-state index contributed by atoms with van der Waals surface area (Å²) in [5.41, 5.74) is 6.73.